The van der Waals surface area contributed by atoms with E-state index in [1.54, 1.807) is 18.4 Å². The van der Waals surface area contributed by atoms with Crippen LogP contribution in [0.3, 0.4) is 0 Å². The van der Waals surface area contributed by atoms with E-state index in [4.69, 9.17) is 0 Å². The molecule has 0 aromatic carbocycles. The Bertz CT molecular complexity index is 227. The second-order valence-corrected chi connectivity index (χ2v) is 5.16. The van der Waals surface area contributed by atoms with E-state index in [2.05, 4.69) is 13.8 Å². The van der Waals surface area contributed by atoms with Crippen LogP contribution in [0.2, 0.25) is 0 Å². The van der Waals surface area contributed by atoms with E-state index in [-0.39, 0.29) is 0 Å². The second kappa shape index (κ2) is 2.16. The van der Waals surface area contributed by atoms with Gasteiger partial charge >= 0.3 is 0 Å². The summed E-state index contributed by atoms with van der Waals surface area (Å²) in [6, 6.07) is 0. The molecule has 3 saturated carbocycles. The Labute approximate surface area is 75.0 Å². The summed E-state index contributed by atoms with van der Waals surface area (Å²) in [5.41, 5.74) is 3.52. The molecular weight excluding hydrogens is 144 g/mol. The Morgan fingerprint density at radius 2 is 1.58 bits per heavy atom. The molecule has 66 valence electrons. The zero-order chi connectivity index (χ0) is 8.29. The minimum absolute atomic E-state index is 1.05. The first-order valence-electron chi connectivity index (χ1n) is 5.46. The third-order valence-corrected chi connectivity index (χ3v) is 4.55. The van der Waals surface area contributed by atoms with Gasteiger partial charge in [0.25, 0.3) is 0 Å². The van der Waals surface area contributed by atoms with Gasteiger partial charge in [0, 0.05) is 0 Å². The van der Waals surface area contributed by atoms with Crippen molar-refractivity contribution in [3.05, 3.63) is 11.1 Å². The van der Waals surface area contributed by atoms with E-state index in [1.807, 2.05) is 5.57 Å². The Morgan fingerprint density at radius 1 is 1.00 bits per heavy atom. The molecule has 0 radical (unpaired) electrons. The van der Waals surface area contributed by atoms with E-state index in [0.717, 1.165) is 23.7 Å². The topological polar surface area (TPSA) is 0 Å². The quantitative estimate of drug-likeness (QED) is 0.479. The predicted octanol–water partition coefficient (Wildman–Crippen LogP) is 3.39. The van der Waals surface area contributed by atoms with Gasteiger partial charge in [-0.3, -0.25) is 0 Å². The molecule has 3 aliphatic rings. The minimum atomic E-state index is 1.05. The van der Waals surface area contributed by atoms with Crippen LogP contribution >= 0.6 is 0 Å². The fourth-order valence-electron chi connectivity index (χ4n) is 4.26. The van der Waals surface area contributed by atoms with Crippen LogP contribution in [0.5, 0.6) is 0 Å². The first kappa shape index (κ1) is 7.17. The van der Waals surface area contributed by atoms with Gasteiger partial charge in [-0.15, -0.1) is 0 Å². The number of hydrogen-bond donors (Lipinski definition) is 0. The van der Waals surface area contributed by atoms with Crippen molar-refractivity contribution in [2.24, 2.45) is 23.7 Å². The summed E-state index contributed by atoms with van der Waals surface area (Å²) in [5, 5.41) is 0. The number of allylic oxidation sites excluding steroid dienone is 2. The Kier molecular flexibility index (Phi) is 1.29. The standard InChI is InChI=1S/C12H18/c1-7(2)11-9-5-3-8-4-6-10(11)12(8)9/h8-10,12H,3-6H2,1-2H3. The highest BCUT2D eigenvalue weighted by Gasteiger charge is 2.56. The van der Waals surface area contributed by atoms with Gasteiger partial charge in [0.15, 0.2) is 0 Å². The van der Waals surface area contributed by atoms with Crippen molar-refractivity contribution in [2.45, 2.75) is 39.5 Å². The van der Waals surface area contributed by atoms with Crippen molar-refractivity contribution < 1.29 is 0 Å². The van der Waals surface area contributed by atoms with Crippen molar-refractivity contribution in [1.82, 2.24) is 0 Å². The Morgan fingerprint density at radius 3 is 2.08 bits per heavy atom. The molecule has 0 spiro atoms. The third kappa shape index (κ3) is 0.654. The molecule has 2 unspecified atom stereocenters. The number of rotatable bonds is 0. The molecule has 0 heterocycles. The monoisotopic (exact) mass is 162 g/mol. The molecule has 0 aromatic rings. The lowest BCUT2D eigenvalue weighted by molar-refractivity contribution is 0.214. The van der Waals surface area contributed by atoms with Gasteiger partial charge in [-0.05, 0) is 63.2 Å². The smallest absolute Gasteiger partial charge is 0.0161 e. The fraction of sp³-hybridized carbons (Fsp3) is 0.833. The highest BCUT2D eigenvalue weighted by molar-refractivity contribution is 5.32. The van der Waals surface area contributed by atoms with Crippen molar-refractivity contribution in [2.75, 3.05) is 0 Å². The van der Waals surface area contributed by atoms with Gasteiger partial charge in [-0.1, -0.05) is 11.1 Å². The van der Waals surface area contributed by atoms with Crippen LogP contribution in [0.4, 0.5) is 0 Å². The van der Waals surface area contributed by atoms with Crippen LogP contribution in [0.1, 0.15) is 39.5 Å². The minimum Gasteiger partial charge on any atom is -0.0766 e. The van der Waals surface area contributed by atoms with Gasteiger partial charge in [-0.25, -0.2) is 0 Å². The molecule has 0 bridgehead atoms. The largest absolute Gasteiger partial charge is 0.0766 e. The van der Waals surface area contributed by atoms with Gasteiger partial charge in [0.05, 0.1) is 0 Å². The predicted molar refractivity (Wildman–Crippen MR) is 50.8 cm³/mol. The molecule has 0 N–H and O–H groups in total. The van der Waals surface area contributed by atoms with Crippen LogP contribution in [-0.4, -0.2) is 0 Å². The molecule has 0 saturated heterocycles. The van der Waals surface area contributed by atoms with Gasteiger partial charge < -0.3 is 0 Å². The summed E-state index contributed by atoms with van der Waals surface area (Å²) < 4.78 is 0. The normalized spacial score (nSPS) is 49.0. The van der Waals surface area contributed by atoms with E-state index in [9.17, 15) is 0 Å². The van der Waals surface area contributed by atoms with Crippen LogP contribution < -0.4 is 0 Å². The maximum Gasteiger partial charge on any atom is -0.0161 e. The lowest BCUT2D eigenvalue weighted by Crippen LogP contribution is -2.35. The van der Waals surface area contributed by atoms with Crippen LogP contribution in [0, 0.1) is 23.7 Å². The molecule has 2 atom stereocenters. The maximum absolute atomic E-state index is 2.32. The highest BCUT2D eigenvalue weighted by Crippen LogP contribution is 2.65. The van der Waals surface area contributed by atoms with E-state index >= 15 is 0 Å². The van der Waals surface area contributed by atoms with Crippen LogP contribution in [-0.2, 0) is 0 Å². The van der Waals surface area contributed by atoms with Crippen molar-refractivity contribution in [3.63, 3.8) is 0 Å². The maximum atomic E-state index is 2.32. The zero-order valence-corrected chi connectivity index (χ0v) is 8.14. The first-order valence-corrected chi connectivity index (χ1v) is 5.46. The Hall–Kier alpha value is -0.260. The summed E-state index contributed by atoms with van der Waals surface area (Å²) in [4.78, 5) is 0. The molecule has 12 heavy (non-hydrogen) atoms. The van der Waals surface area contributed by atoms with E-state index < -0.39 is 0 Å². The zero-order valence-electron chi connectivity index (χ0n) is 8.14. The van der Waals surface area contributed by atoms with Gasteiger partial charge in [0.1, 0.15) is 0 Å². The summed E-state index contributed by atoms with van der Waals surface area (Å²) in [6.07, 6.45) is 6.13. The Balaban J connectivity index is 1.99. The molecule has 0 heteroatoms. The summed E-state index contributed by atoms with van der Waals surface area (Å²) in [7, 11) is 0. The van der Waals surface area contributed by atoms with Crippen molar-refractivity contribution in [3.8, 4) is 0 Å². The molecular formula is C12H18. The summed E-state index contributed by atoms with van der Waals surface area (Å²) >= 11 is 0. The third-order valence-electron chi connectivity index (χ3n) is 4.55. The molecule has 3 fully saturated rings. The number of hydrogen-bond acceptors (Lipinski definition) is 0. The lowest BCUT2D eigenvalue weighted by atomic mass is 9.62. The van der Waals surface area contributed by atoms with Crippen LogP contribution in [0.15, 0.2) is 11.1 Å². The summed E-state index contributed by atoms with van der Waals surface area (Å²) in [6.45, 7) is 4.63. The van der Waals surface area contributed by atoms with Crippen molar-refractivity contribution >= 4 is 0 Å². The first-order chi connectivity index (χ1) is 5.79. The molecule has 0 aliphatic heterocycles. The average molecular weight is 162 g/mol. The van der Waals surface area contributed by atoms with E-state index in [1.165, 1.54) is 12.8 Å². The van der Waals surface area contributed by atoms with E-state index in [0.29, 0.717) is 0 Å². The molecule has 3 aliphatic carbocycles. The van der Waals surface area contributed by atoms with Gasteiger partial charge in [-0.2, -0.15) is 0 Å². The SMILES string of the molecule is CC(C)=C1C2CCC3CCC1C32. The van der Waals surface area contributed by atoms with Crippen LogP contribution in [0.25, 0.3) is 0 Å². The van der Waals surface area contributed by atoms with Crippen molar-refractivity contribution in [1.29, 1.82) is 0 Å². The highest BCUT2D eigenvalue weighted by atomic mass is 14.6. The molecule has 0 nitrogen and oxygen atoms in total. The molecule has 0 amide bonds. The average Bonchev–Trinajstić information content (AvgIpc) is 2.36. The second-order valence-electron chi connectivity index (χ2n) is 5.16. The lowest BCUT2D eigenvalue weighted by Gasteiger charge is -2.43. The van der Waals surface area contributed by atoms with Gasteiger partial charge in [0.2, 0.25) is 0 Å². The molecule has 0 aromatic heterocycles. The molecule has 3 rings (SSSR count). The fourth-order valence-corrected chi connectivity index (χ4v) is 4.26. The summed E-state index contributed by atoms with van der Waals surface area (Å²) in [5.74, 6) is 4.39.